The summed E-state index contributed by atoms with van der Waals surface area (Å²) in [5.41, 5.74) is 4.73. The topological polar surface area (TPSA) is 113 Å². The molecule has 1 unspecified atom stereocenters. The maximum absolute atomic E-state index is 11.2. The Labute approximate surface area is 76.8 Å². The van der Waals surface area contributed by atoms with E-state index >= 15 is 0 Å². The molecule has 0 bridgehead atoms. The summed E-state index contributed by atoms with van der Waals surface area (Å²) < 4.78 is 24.2. The van der Waals surface area contributed by atoms with Crippen LogP contribution in [0.25, 0.3) is 0 Å². The standard InChI is InChI=1S/C6H11N3O3S/c1-2-5(3-7)13(11,12)9-4-6(8)10/h5,9H,2,4H2,1H3,(H2,8,10). The van der Waals surface area contributed by atoms with Crippen molar-refractivity contribution in [2.24, 2.45) is 5.73 Å². The van der Waals surface area contributed by atoms with E-state index in [1.165, 1.54) is 0 Å². The van der Waals surface area contributed by atoms with Crippen molar-refractivity contribution < 1.29 is 13.2 Å². The fourth-order valence-corrected chi connectivity index (χ4v) is 1.77. The molecule has 0 aromatic rings. The molecule has 3 N–H and O–H groups in total. The third-order valence-electron chi connectivity index (χ3n) is 1.34. The van der Waals surface area contributed by atoms with E-state index in [0.717, 1.165) is 0 Å². The summed E-state index contributed by atoms with van der Waals surface area (Å²) >= 11 is 0. The lowest BCUT2D eigenvalue weighted by molar-refractivity contribution is -0.116. The van der Waals surface area contributed by atoms with Crippen molar-refractivity contribution in [3.63, 3.8) is 0 Å². The van der Waals surface area contributed by atoms with Crippen molar-refractivity contribution in [1.29, 1.82) is 5.26 Å². The SMILES string of the molecule is CCC(C#N)S(=O)(=O)NCC(N)=O. The predicted molar refractivity (Wildman–Crippen MR) is 45.8 cm³/mol. The highest BCUT2D eigenvalue weighted by molar-refractivity contribution is 7.90. The van der Waals surface area contributed by atoms with E-state index in [2.05, 4.69) is 0 Å². The van der Waals surface area contributed by atoms with Crippen LogP contribution in [0.5, 0.6) is 0 Å². The Kier molecular flexibility index (Phi) is 4.37. The molecule has 0 saturated heterocycles. The number of hydrogen-bond donors (Lipinski definition) is 2. The fraction of sp³-hybridized carbons (Fsp3) is 0.667. The Hall–Kier alpha value is -1.13. The number of primary amides is 1. The van der Waals surface area contributed by atoms with Gasteiger partial charge in [0.1, 0.15) is 0 Å². The predicted octanol–water partition coefficient (Wildman–Crippen LogP) is -1.31. The van der Waals surface area contributed by atoms with Gasteiger partial charge in [0, 0.05) is 0 Å². The number of nitrogens with two attached hydrogens (primary N) is 1. The van der Waals surface area contributed by atoms with Gasteiger partial charge in [-0.1, -0.05) is 6.92 Å². The molecule has 74 valence electrons. The van der Waals surface area contributed by atoms with Crippen molar-refractivity contribution in [3.05, 3.63) is 0 Å². The number of sulfonamides is 1. The third-order valence-corrected chi connectivity index (χ3v) is 3.07. The van der Waals surface area contributed by atoms with Crippen LogP contribution in [0.4, 0.5) is 0 Å². The summed E-state index contributed by atoms with van der Waals surface area (Å²) in [6.07, 6.45) is 0.171. The van der Waals surface area contributed by atoms with Crippen molar-refractivity contribution >= 4 is 15.9 Å². The van der Waals surface area contributed by atoms with E-state index in [0.29, 0.717) is 0 Å². The van der Waals surface area contributed by atoms with E-state index in [-0.39, 0.29) is 6.42 Å². The van der Waals surface area contributed by atoms with Gasteiger partial charge in [-0.3, -0.25) is 4.79 Å². The van der Waals surface area contributed by atoms with Crippen LogP contribution in [-0.4, -0.2) is 26.1 Å². The van der Waals surface area contributed by atoms with E-state index in [9.17, 15) is 13.2 Å². The molecule has 0 aromatic heterocycles. The normalized spacial score (nSPS) is 13.2. The molecule has 0 fully saturated rings. The molecule has 6 nitrogen and oxygen atoms in total. The number of carbonyl (C=O) groups is 1. The Morgan fingerprint density at radius 1 is 1.69 bits per heavy atom. The summed E-state index contributed by atoms with van der Waals surface area (Å²) in [7, 11) is -3.73. The first-order chi connectivity index (χ1) is 5.94. The van der Waals surface area contributed by atoms with Gasteiger partial charge in [-0.15, -0.1) is 0 Å². The van der Waals surface area contributed by atoms with Gasteiger partial charge in [0.2, 0.25) is 15.9 Å². The van der Waals surface area contributed by atoms with Gasteiger partial charge in [0.15, 0.2) is 5.25 Å². The largest absolute Gasteiger partial charge is 0.369 e. The highest BCUT2D eigenvalue weighted by Gasteiger charge is 2.22. The second-order valence-corrected chi connectivity index (χ2v) is 4.31. The molecular weight excluding hydrogens is 194 g/mol. The summed E-state index contributed by atoms with van der Waals surface area (Å²) in [5, 5.41) is 7.31. The second-order valence-electron chi connectivity index (χ2n) is 2.36. The number of rotatable bonds is 5. The van der Waals surface area contributed by atoms with Crippen molar-refractivity contribution in [2.75, 3.05) is 6.54 Å². The zero-order valence-corrected chi connectivity index (χ0v) is 7.97. The smallest absolute Gasteiger partial charge is 0.232 e. The summed E-state index contributed by atoms with van der Waals surface area (Å²) in [5.74, 6) is -0.781. The Balaban J connectivity index is 4.41. The zero-order chi connectivity index (χ0) is 10.5. The molecule has 1 amide bonds. The highest BCUT2D eigenvalue weighted by Crippen LogP contribution is 2.01. The molecule has 1 atom stereocenters. The molecule has 7 heteroatoms. The van der Waals surface area contributed by atoms with Crippen LogP contribution in [0.1, 0.15) is 13.3 Å². The number of nitrogens with zero attached hydrogens (tertiary/aromatic N) is 1. The number of carbonyl (C=O) groups excluding carboxylic acids is 1. The van der Waals surface area contributed by atoms with E-state index < -0.39 is 27.7 Å². The first kappa shape index (κ1) is 11.9. The number of nitriles is 1. The van der Waals surface area contributed by atoms with Crippen LogP contribution in [0, 0.1) is 11.3 Å². The third kappa shape index (κ3) is 3.87. The average Bonchev–Trinajstić information content (AvgIpc) is 2.03. The Bertz CT molecular complexity index is 317. The summed E-state index contributed by atoms with van der Waals surface area (Å²) in [6, 6.07) is 1.61. The van der Waals surface area contributed by atoms with Crippen LogP contribution in [0.3, 0.4) is 0 Å². The maximum atomic E-state index is 11.2. The minimum absolute atomic E-state index is 0.171. The monoisotopic (exact) mass is 205 g/mol. The number of hydrogen-bond acceptors (Lipinski definition) is 4. The van der Waals surface area contributed by atoms with Crippen molar-refractivity contribution in [3.8, 4) is 6.07 Å². The first-order valence-corrected chi connectivity index (χ1v) is 5.15. The van der Waals surface area contributed by atoms with E-state index in [1.54, 1.807) is 13.0 Å². The number of amides is 1. The van der Waals surface area contributed by atoms with E-state index in [4.69, 9.17) is 11.0 Å². The summed E-state index contributed by atoms with van der Waals surface area (Å²) in [4.78, 5) is 10.3. The van der Waals surface area contributed by atoms with Crippen LogP contribution in [0.2, 0.25) is 0 Å². The molecule has 0 aromatic carbocycles. The van der Waals surface area contributed by atoms with Crippen LogP contribution in [-0.2, 0) is 14.8 Å². The lowest BCUT2D eigenvalue weighted by Crippen LogP contribution is -2.38. The minimum Gasteiger partial charge on any atom is -0.369 e. The molecule has 0 rings (SSSR count). The molecule has 0 spiro atoms. The molecule has 0 aliphatic rings. The summed E-state index contributed by atoms with van der Waals surface area (Å²) in [6.45, 7) is 1.10. The van der Waals surface area contributed by atoms with Crippen LogP contribution in [0.15, 0.2) is 0 Å². The molecule has 0 radical (unpaired) electrons. The minimum atomic E-state index is -3.73. The fourth-order valence-electron chi connectivity index (χ4n) is 0.652. The van der Waals surface area contributed by atoms with Gasteiger partial charge >= 0.3 is 0 Å². The lowest BCUT2D eigenvalue weighted by Gasteiger charge is -2.07. The molecule has 0 saturated carbocycles. The van der Waals surface area contributed by atoms with Crippen molar-refractivity contribution in [1.82, 2.24) is 4.72 Å². The molecule has 0 heterocycles. The quantitative estimate of drug-likeness (QED) is 0.580. The first-order valence-electron chi connectivity index (χ1n) is 3.60. The Morgan fingerprint density at radius 3 is 2.54 bits per heavy atom. The van der Waals surface area contributed by atoms with Gasteiger partial charge in [-0.2, -0.15) is 5.26 Å². The number of nitrogens with one attached hydrogen (secondary N) is 1. The van der Waals surface area contributed by atoms with Gasteiger partial charge in [-0.05, 0) is 6.42 Å². The maximum Gasteiger partial charge on any atom is 0.232 e. The highest BCUT2D eigenvalue weighted by atomic mass is 32.2. The van der Waals surface area contributed by atoms with Crippen molar-refractivity contribution in [2.45, 2.75) is 18.6 Å². The van der Waals surface area contributed by atoms with Gasteiger partial charge in [0.05, 0.1) is 12.6 Å². The van der Waals surface area contributed by atoms with Crippen LogP contribution >= 0.6 is 0 Å². The lowest BCUT2D eigenvalue weighted by atomic mass is 10.4. The molecule has 13 heavy (non-hydrogen) atoms. The molecule has 0 aliphatic heterocycles. The average molecular weight is 205 g/mol. The second kappa shape index (κ2) is 4.79. The molecular formula is C6H11N3O3S. The zero-order valence-electron chi connectivity index (χ0n) is 7.15. The Morgan fingerprint density at radius 2 is 2.23 bits per heavy atom. The van der Waals surface area contributed by atoms with E-state index in [1.807, 2.05) is 4.72 Å². The van der Waals surface area contributed by atoms with Gasteiger partial charge < -0.3 is 5.73 Å². The molecule has 0 aliphatic carbocycles. The van der Waals surface area contributed by atoms with Gasteiger partial charge in [-0.25, -0.2) is 13.1 Å². The van der Waals surface area contributed by atoms with Crippen LogP contribution < -0.4 is 10.5 Å². The van der Waals surface area contributed by atoms with Gasteiger partial charge in [0.25, 0.3) is 0 Å².